The lowest BCUT2D eigenvalue weighted by Crippen LogP contribution is -2.29. The number of amides is 1. The van der Waals surface area contributed by atoms with E-state index >= 15 is 0 Å². The third-order valence-corrected chi connectivity index (χ3v) is 4.30. The fourth-order valence-electron chi connectivity index (χ4n) is 2.77. The second-order valence-electron chi connectivity index (χ2n) is 6.29. The number of hydrogen-bond acceptors (Lipinski definition) is 4. The summed E-state index contributed by atoms with van der Waals surface area (Å²) >= 11 is 0. The van der Waals surface area contributed by atoms with Crippen molar-refractivity contribution in [2.24, 2.45) is 0 Å². The highest BCUT2D eigenvalue weighted by molar-refractivity contribution is 6.05. The van der Waals surface area contributed by atoms with Crippen molar-refractivity contribution in [3.8, 4) is 11.8 Å². The molecule has 0 fully saturated rings. The minimum absolute atomic E-state index is 0.0610. The van der Waals surface area contributed by atoms with Crippen LogP contribution in [-0.2, 0) is 12.8 Å². The molecule has 0 saturated carbocycles. The highest BCUT2D eigenvalue weighted by Crippen LogP contribution is 2.31. The number of hydrogen-bond donors (Lipinski definition) is 1. The van der Waals surface area contributed by atoms with Gasteiger partial charge in [-0.15, -0.1) is 0 Å². The Balaban J connectivity index is 2.13. The first kappa shape index (κ1) is 21.0. The molecule has 1 heterocycles. The van der Waals surface area contributed by atoms with Crippen molar-refractivity contribution in [3.63, 3.8) is 0 Å². The largest absolute Gasteiger partial charge is 0.435 e. The predicted molar refractivity (Wildman–Crippen MR) is 98.3 cm³/mol. The number of halogens is 4. The van der Waals surface area contributed by atoms with Gasteiger partial charge >= 0.3 is 6.18 Å². The Kier molecular flexibility index (Phi) is 5.58. The number of rotatable bonds is 4. The molecule has 1 aromatic heterocycles. The van der Waals surface area contributed by atoms with E-state index in [0.29, 0.717) is 11.6 Å². The maximum atomic E-state index is 14.2. The molecular formula is C20H14F4N4O2. The first-order valence-corrected chi connectivity index (χ1v) is 8.51. The Hall–Kier alpha value is -3.71. The third-order valence-electron chi connectivity index (χ3n) is 4.30. The molecule has 30 heavy (non-hydrogen) atoms. The van der Waals surface area contributed by atoms with Crippen molar-refractivity contribution in [2.45, 2.75) is 12.8 Å². The number of aliphatic hydroxyl groups excluding tert-OH is 1. The number of aliphatic hydroxyl groups is 1. The van der Waals surface area contributed by atoms with Crippen molar-refractivity contribution in [3.05, 3.63) is 76.9 Å². The van der Waals surface area contributed by atoms with E-state index < -0.39 is 35.9 Å². The molecule has 2 aromatic carbocycles. The van der Waals surface area contributed by atoms with Gasteiger partial charge in [-0.25, -0.2) is 9.07 Å². The van der Waals surface area contributed by atoms with Crippen LogP contribution in [0.2, 0.25) is 0 Å². The first-order valence-electron chi connectivity index (χ1n) is 8.51. The van der Waals surface area contributed by atoms with Gasteiger partial charge in [0.2, 0.25) is 0 Å². The third kappa shape index (κ3) is 4.01. The number of nitriles is 1. The maximum absolute atomic E-state index is 14.2. The van der Waals surface area contributed by atoms with Gasteiger partial charge in [-0.2, -0.15) is 23.5 Å². The summed E-state index contributed by atoms with van der Waals surface area (Å²) in [6, 6.07) is 11.5. The molecule has 3 rings (SSSR count). The lowest BCUT2D eigenvalue weighted by Gasteiger charge is -2.19. The van der Waals surface area contributed by atoms with Gasteiger partial charge < -0.3 is 10.0 Å². The van der Waals surface area contributed by atoms with Gasteiger partial charge in [0.05, 0.1) is 29.6 Å². The molecule has 0 unspecified atom stereocenters. The molecule has 0 aliphatic heterocycles. The Morgan fingerprint density at radius 3 is 2.60 bits per heavy atom. The van der Waals surface area contributed by atoms with Crippen LogP contribution in [0.5, 0.6) is 0 Å². The molecule has 3 aromatic rings. The lowest BCUT2D eigenvalue weighted by atomic mass is 10.1. The van der Waals surface area contributed by atoms with Gasteiger partial charge in [0.1, 0.15) is 11.5 Å². The summed E-state index contributed by atoms with van der Waals surface area (Å²) in [5.74, 6) is -1.76. The van der Waals surface area contributed by atoms with Gasteiger partial charge in [0, 0.05) is 13.1 Å². The van der Waals surface area contributed by atoms with E-state index in [1.54, 1.807) is 0 Å². The SMILES string of the molecule is CN(C(=O)c1cc(C(F)(F)F)nn1-c1cccc(C#N)c1)c1cc(CO)ccc1F. The second-order valence-corrected chi connectivity index (χ2v) is 6.29. The van der Waals surface area contributed by atoms with Crippen LogP contribution in [0.25, 0.3) is 5.69 Å². The fourth-order valence-corrected chi connectivity index (χ4v) is 2.77. The van der Waals surface area contributed by atoms with Gasteiger partial charge in [-0.05, 0) is 35.9 Å². The number of aromatic nitrogens is 2. The van der Waals surface area contributed by atoms with Gasteiger partial charge in [-0.1, -0.05) is 12.1 Å². The summed E-state index contributed by atoms with van der Waals surface area (Å²) in [7, 11) is 1.19. The standard InChI is InChI=1S/C20H14F4N4O2/c1-27(16-8-13(11-29)5-6-15(16)21)19(30)17-9-18(20(22,23)24)26-28(17)14-4-2-3-12(7-14)10-25/h2-9,29H,11H2,1H3. The monoisotopic (exact) mass is 418 g/mol. The fraction of sp³-hybridized carbons (Fsp3) is 0.150. The average molecular weight is 418 g/mol. The minimum atomic E-state index is -4.83. The summed E-state index contributed by atoms with van der Waals surface area (Å²) in [6.45, 7) is -0.410. The molecule has 0 spiro atoms. The maximum Gasteiger partial charge on any atom is 0.435 e. The topological polar surface area (TPSA) is 82.2 Å². The number of carbonyl (C=O) groups excluding carboxylic acids is 1. The van der Waals surface area contributed by atoms with Crippen LogP contribution in [0.4, 0.5) is 23.2 Å². The molecular weight excluding hydrogens is 404 g/mol. The number of benzene rings is 2. The zero-order valence-electron chi connectivity index (χ0n) is 15.5. The molecule has 0 aliphatic carbocycles. The number of carbonyl (C=O) groups is 1. The number of anilines is 1. The van der Waals surface area contributed by atoms with E-state index in [-0.39, 0.29) is 16.9 Å². The predicted octanol–water partition coefficient (Wildman–Crippen LogP) is 3.67. The Bertz CT molecular complexity index is 1150. The van der Waals surface area contributed by atoms with Crippen molar-refractivity contribution in [1.82, 2.24) is 9.78 Å². The summed E-state index contributed by atoms with van der Waals surface area (Å²) in [4.78, 5) is 13.8. The van der Waals surface area contributed by atoms with Crippen LogP contribution in [0, 0.1) is 17.1 Å². The quantitative estimate of drug-likeness (QED) is 0.656. The van der Waals surface area contributed by atoms with Crippen molar-refractivity contribution >= 4 is 11.6 Å². The van der Waals surface area contributed by atoms with Crippen molar-refractivity contribution < 1.29 is 27.5 Å². The second kappa shape index (κ2) is 7.96. The zero-order valence-corrected chi connectivity index (χ0v) is 15.5. The highest BCUT2D eigenvalue weighted by atomic mass is 19.4. The normalized spacial score (nSPS) is 11.2. The van der Waals surface area contributed by atoms with Crippen LogP contribution in [-0.4, -0.2) is 27.8 Å². The van der Waals surface area contributed by atoms with E-state index in [2.05, 4.69) is 5.10 Å². The molecule has 154 valence electrons. The molecule has 0 atom stereocenters. The van der Waals surface area contributed by atoms with Gasteiger partial charge in [0.15, 0.2) is 5.69 Å². The van der Waals surface area contributed by atoms with Gasteiger partial charge in [0.25, 0.3) is 5.91 Å². The smallest absolute Gasteiger partial charge is 0.392 e. The molecule has 0 saturated heterocycles. The van der Waals surface area contributed by atoms with E-state index in [4.69, 9.17) is 5.26 Å². The van der Waals surface area contributed by atoms with Crippen LogP contribution in [0.15, 0.2) is 48.5 Å². The summed E-state index contributed by atoms with van der Waals surface area (Å²) in [6.07, 6.45) is -4.83. The Morgan fingerprint density at radius 1 is 1.23 bits per heavy atom. The molecule has 0 aliphatic rings. The molecule has 1 N–H and O–H groups in total. The summed E-state index contributed by atoms with van der Waals surface area (Å²) in [5.41, 5.74) is -1.48. The Morgan fingerprint density at radius 2 is 1.97 bits per heavy atom. The molecule has 10 heteroatoms. The summed E-state index contributed by atoms with van der Waals surface area (Å²) < 4.78 is 54.8. The van der Waals surface area contributed by atoms with E-state index in [1.807, 2.05) is 6.07 Å². The number of alkyl halides is 3. The van der Waals surface area contributed by atoms with E-state index in [9.17, 15) is 27.5 Å². The minimum Gasteiger partial charge on any atom is -0.392 e. The van der Waals surface area contributed by atoms with Gasteiger partial charge in [-0.3, -0.25) is 4.79 Å². The summed E-state index contributed by atoms with van der Waals surface area (Å²) in [5, 5.41) is 21.8. The van der Waals surface area contributed by atoms with E-state index in [0.717, 1.165) is 15.6 Å². The average Bonchev–Trinajstić information content (AvgIpc) is 3.19. The number of nitrogens with zero attached hydrogens (tertiary/aromatic N) is 4. The highest BCUT2D eigenvalue weighted by Gasteiger charge is 2.37. The van der Waals surface area contributed by atoms with Crippen LogP contribution >= 0.6 is 0 Å². The lowest BCUT2D eigenvalue weighted by molar-refractivity contribution is -0.141. The van der Waals surface area contributed by atoms with Crippen molar-refractivity contribution in [2.75, 3.05) is 11.9 Å². The first-order chi connectivity index (χ1) is 14.2. The van der Waals surface area contributed by atoms with Crippen molar-refractivity contribution in [1.29, 1.82) is 5.26 Å². The molecule has 0 bridgehead atoms. The zero-order chi connectivity index (χ0) is 22.1. The molecule has 1 amide bonds. The van der Waals surface area contributed by atoms with E-state index in [1.165, 1.54) is 43.4 Å². The molecule has 6 nitrogen and oxygen atoms in total. The van der Waals surface area contributed by atoms with Crippen LogP contribution in [0.3, 0.4) is 0 Å². The molecule has 0 radical (unpaired) electrons. The Labute approximate surface area is 168 Å². The van der Waals surface area contributed by atoms with Crippen LogP contribution < -0.4 is 4.90 Å². The van der Waals surface area contributed by atoms with Crippen LogP contribution in [0.1, 0.15) is 27.3 Å².